The lowest BCUT2D eigenvalue weighted by atomic mass is 9.93. The van der Waals surface area contributed by atoms with E-state index >= 15 is 0 Å². The molecule has 0 aromatic heterocycles. The number of alkyl halides is 2. The van der Waals surface area contributed by atoms with Crippen molar-refractivity contribution in [3.05, 3.63) is 60.0 Å². The van der Waals surface area contributed by atoms with Gasteiger partial charge in [0.1, 0.15) is 29.3 Å². The van der Waals surface area contributed by atoms with Gasteiger partial charge in [-0.2, -0.15) is 12.7 Å². The number of anilines is 1. The van der Waals surface area contributed by atoms with Crippen molar-refractivity contribution < 1.29 is 25.8 Å². The molecule has 0 saturated carbocycles. The highest BCUT2D eigenvalue weighted by Gasteiger charge is 2.29. The predicted octanol–water partition coefficient (Wildman–Crippen LogP) is 5.58. The Morgan fingerprint density at radius 1 is 0.818 bits per heavy atom. The van der Waals surface area contributed by atoms with Crippen LogP contribution in [0.2, 0.25) is 0 Å². The van der Waals surface area contributed by atoms with E-state index in [1.54, 1.807) is 0 Å². The summed E-state index contributed by atoms with van der Waals surface area (Å²) in [6.07, 6.45) is 0. The molecule has 0 unspecified atom stereocenters. The molecule has 1 aliphatic heterocycles. The summed E-state index contributed by atoms with van der Waals surface area (Å²) in [7, 11) is -9.07. The molecule has 9 nitrogen and oxygen atoms in total. The predicted molar refractivity (Wildman–Crippen MR) is 178 cm³/mol. The van der Waals surface area contributed by atoms with E-state index in [2.05, 4.69) is 37.2 Å². The molecule has 0 saturated heterocycles. The molecule has 2 aromatic carbocycles. The Bertz CT molecular complexity index is 1890. The van der Waals surface area contributed by atoms with Gasteiger partial charge in [-0.1, -0.05) is 6.07 Å². The molecule has 44 heavy (non-hydrogen) atoms. The van der Waals surface area contributed by atoms with Gasteiger partial charge in [0.05, 0.1) is 11.0 Å². The summed E-state index contributed by atoms with van der Waals surface area (Å²) in [4.78, 5) is 1.33. The molecule has 2 aromatic rings. The van der Waals surface area contributed by atoms with Crippen LogP contribution in [0, 0.1) is 0 Å². The van der Waals surface area contributed by atoms with E-state index in [9.17, 15) is 21.4 Å². The maximum atomic E-state index is 13.5. The van der Waals surface area contributed by atoms with E-state index in [-0.39, 0.29) is 35.3 Å². The maximum Gasteiger partial charge on any atom is 0.295 e. The first-order valence-electron chi connectivity index (χ1n) is 14.5. The highest BCUT2D eigenvalue weighted by molar-refractivity contribution is 7.89. The number of rotatable bonds is 13. The summed E-state index contributed by atoms with van der Waals surface area (Å²) < 4.78 is 73.0. The van der Waals surface area contributed by atoms with Gasteiger partial charge in [0, 0.05) is 77.8 Å². The summed E-state index contributed by atoms with van der Waals surface area (Å²) in [6, 6.07) is 15.2. The van der Waals surface area contributed by atoms with Gasteiger partial charge in [0.25, 0.3) is 10.1 Å². The van der Waals surface area contributed by atoms with Gasteiger partial charge < -0.3 is 9.32 Å². The van der Waals surface area contributed by atoms with Crippen LogP contribution in [0.5, 0.6) is 0 Å². The average molecular weight is 684 g/mol. The van der Waals surface area contributed by atoms with Crippen molar-refractivity contribution in [1.29, 1.82) is 0 Å². The molecule has 0 fully saturated rings. The Hall–Kier alpha value is -2.67. The molecule has 0 spiro atoms. The quantitative estimate of drug-likeness (QED) is 0.0849. The zero-order valence-corrected chi connectivity index (χ0v) is 28.4. The molecule has 13 heteroatoms. The lowest BCUT2D eigenvalue weighted by Gasteiger charge is -2.23. The molecule has 1 N–H and O–H groups in total. The van der Waals surface area contributed by atoms with Crippen molar-refractivity contribution >= 4 is 60.0 Å². The Kier molecular flexibility index (Phi) is 11.0. The number of hydrogen-bond donors (Lipinski definition) is 1. The van der Waals surface area contributed by atoms with Gasteiger partial charge in [-0.3, -0.25) is 4.55 Å². The Balaban J connectivity index is 2.11. The van der Waals surface area contributed by atoms with E-state index in [4.69, 9.17) is 27.6 Å². The van der Waals surface area contributed by atoms with Crippen LogP contribution in [0.25, 0.3) is 33.4 Å². The SMILES string of the molecule is CCN(CC)c1ccc2c(-c3ccc(S(=O)(=O)N(CCCl)CCCl)cc3S(=O)(=O)O)c3ccc(=[N+](CC)CC)cc-3oc2c1. The van der Waals surface area contributed by atoms with E-state index in [0.717, 1.165) is 47.6 Å². The van der Waals surface area contributed by atoms with Crippen LogP contribution in [-0.4, -0.2) is 76.7 Å². The van der Waals surface area contributed by atoms with Gasteiger partial charge in [-0.25, -0.2) is 13.0 Å². The van der Waals surface area contributed by atoms with Crippen molar-refractivity contribution in [3.63, 3.8) is 0 Å². The van der Waals surface area contributed by atoms with Crippen LogP contribution >= 0.6 is 23.2 Å². The standard InChI is InChI=1S/C31H37Cl2N3O6S2/c1-5-34(6-2)22-9-12-25-28(19-22)42-29-20-23(35(7-3)8-4)10-13-26(29)31(25)27-14-11-24(21-30(27)44(39,40)41)43(37,38)36(17-15-32)18-16-33/h9-14,19-21H,5-8,15-18H2,1-4H3/p+1. The van der Waals surface area contributed by atoms with Crippen LogP contribution < -0.4 is 14.8 Å². The monoisotopic (exact) mass is 682 g/mol. The lowest BCUT2D eigenvalue weighted by molar-refractivity contribution is 0.448. The zero-order valence-electron chi connectivity index (χ0n) is 25.3. The fourth-order valence-electron chi connectivity index (χ4n) is 5.50. The van der Waals surface area contributed by atoms with Crippen molar-refractivity contribution in [3.8, 4) is 22.5 Å². The second-order valence-corrected chi connectivity index (χ2v) is 14.2. The third kappa shape index (κ3) is 6.78. The number of nitrogens with zero attached hydrogens (tertiary/aromatic N) is 3. The van der Waals surface area contributed by atoms with Crippen LogP contribution in [-0.2, 0) is 20.1 Å². The number of benzene rings is 3. The third-order valence-corrected chi connectivity index (χ3v) is 10.9. The van der Waals surface area contributed by atoms with Gasteiger partial charge in [-0.15, -0.1) is 23.2 Å². The van der Waals surface area contributed by atoms with Gasteiger partial charge >= 0.3 is 0 Å². The van der Waals surface area contributed by atoms with Gasteiger partial charge in [-0.05, 0) is 58.0 Å². The minimum absolute atomic E-state index is 0.0151. The Morgan fingerprint density at radius 2 is 1.45 bits per heavy atom. The van der Waals surface area contributed by atoms with Crippen molar-refractivity contribution in [1.82, 2.24) is 8.88 Å². The highest BCUT2D eigenvalue weighted by atomic mass is 35.5. The molecule has 4 rings (SSSR count). The molecule has 0 bridgehead atoms. The first kappa shape index (κ1) is 34.2. The van der Waals surface area contributed by atoms with Crippen LogP contribution in [0.4, 0.5) is 5.69 Å². The van der Waals surface area contributed by atoms with E-state index in [0.29, 0.717) is 27.9 Å². The summed E-state index contributed by atoms with van der Waals surface area (Å²) in [5, 5.41) is 1.54. The zero-order chi connectivity index (χ0) is 32.2. The number of hydrogen-bond acceptors (Lipinski definition) is 6. The highest BCUT2D eigenvalue weighted by Crippen LogP contribution is 2.43. The van der Waals surface area contributed by atoms with E-state index in [1.165, 1.54) is 12.1 Å². The molecule has 0 radical (unpaired) electrons. The van der Waals surface area contributed by atoms with Crippen LogP contribution in [0.1, 0.15) is 27.7 Å². The van der Waals surface area contributed by atoms with Crippen molar-refractivity contribution in [2.45, 2.75) is 37.5 Å². The second-order valence-electron chi connectivity index (χ2n) is 10.1. The second kappa shape index (κ2) is 14.2. The maximum absolute atomic E-state index is 13.5. The first-order valence-corrected chi connectivity index (χ1v) is 18.5. The molecule has 0 atom stereocenters. The lowest BCUT2D eigenvalue weighted by Crippen LogP contribution is -2.34. The van der Waals surface area contributed by atoms with Gasteiger partial charge in [0.2, 0.25) is 15.4 Å². The molecular formula is C31H38Cl2N3O6S2+. The largest absolute Gasteiger partial charge is 0.456 e. The van der Waals surface area contributed by atoms with Crippen molar-refractivity contribution in [2.24, 2.45) is 0 Å². The van der Waals surface area contributed by atoms with E-state index < -0.39 is 25.0 Å². The van der Waals surface area contributed by atoms with Crippen LogP contribution in [0.15, 0.2) is 68.8 Å². The van der Waals surface area contributed by atoms with Crippen LogP contribution in [0.3, 0.4) is 0 Å². The fraction of sp³-hybridized carbons (Fsp3) is 0.387. The Morgan fingerprint density at radius 3 is 2.02 bits per heavy atom. The number of halogens is 2. The van der Waals surface area contributed by atoms with Gasteiger partial charge in [0.15, 0.2) is 0 Å². The van der Waals surface area contributed by atoms with E-state index in [1.807, 2.05) is 36.4 Å². The summed E-state index contributed by atoms with van der Waals surface area (Å²) in [5.41, 5.74) is 2.70. The molecule has 0 amide bonds. The normalized spacial score (nSPS) is 12.4. The first-order chi connectivity index (χ1) is 20.9. The number of sulfonamides is 1. The fourth-order valence-corrected chi connectivity index (χ4v) is 8.38. The molecule has 238 valence electrons. The summed E-state index contributed by atoms with van der Waals surface area (Å²) in [6.45, 7) is 11.3. The molecular weight excluding hydrogens is 645 g/mol. The molecule has 2 aliphatic rings. The number of fused-ring (bicyclic) bond motifs is 2. The Labute approximate surface area is 269 Å². The third-order valence-electron chi connectivity index (χ3n) is 7.75. The smallest absolute Gasteiger partial charge is 0.295 e. The molecule has 1 aliphatic carbocycles. The summed E-state index contributed by atoms with van der Waals surface area (Å²) >= 11 is 11.7. The molecule has 1 heterocycles. The average Bonchev–Trinajstić information content (AvgIpc) is 3.00. The summed E-state index contributed by atoms with van der Waals surface area (Å²) in [5.74, 6) is 0.563. The van der Waals surface area contributed by atoms with Crippen molar-refractivity contribution in [2.75, 3.05) is 55.9 Å². The minimum Gasteiger partial charge on any atom is -0.456 e. The minimum atomic E-state index is -4.89. The topological polar surface area (TPSA) is 111 Å².